The van der Waals surface area contributed by atoms with Crippen LogP contribution in [0.25, 0.3) is 0 Å². The molecule has 1 amide bonds. The van der Waals surface area contributed by atoms with E-state index in [1.165, 1.54) is 12.1 Å². The quantitative estimate of drug-likeness (QED) is 0.877. The number of halogens is 1. The number of ether oxygens (including phenoxy) is 1. The monoisotopic (exact) mass is 324 g/mol. The number of amides is 1. The Hall–Kier alpha value is -3.20. The fourth-order valence-electron chi connectivity index (χ4n) is 2.50. The molecule has 0 fully saturated rings. The molecule has 0 aromatic heterocycles. The van der Waals surface area contributed by atoms with Gasteiger partial charge in [-0.3, -0.25) is 9.59 Å². The third kappa shape index (κ3) is 3.25. The molecule has 1 aliphatic rings. The van der Waals surface area contributed by atoms with Crippen molar-refractivity contribution in [3.63, 3.8) is 0 Å². The zero-order valence-electron chi connectivity index (χ0n) is 12.6. The van der Waals surface area contributed by atoms with Crippen LogP contribution < -0.4 is 10.1 Å². The molecule has 0 radical (unpaired) electrons. The molecular weight excluding hydrogens is 311 g/mol. The van der Waals surface area contributed by atoms with Gasteiger partial charge in [0.1, 0.15) is 11.6 Å². The van der Waals surface area contributed by atoms with Gasteiger partial charge in [-0.15, -0.1) is 0 Å². The van der Waals surface area contributed by atoms with E-state index in [4.69, 9.17) is 10.00 Å². The summed E-state index contributed by atoms with van der Waals surface area (Å²) < 4.78 is 19.5. The number of carbonyl (C=O) groups excluding carboxylic acids is 2. The Labute approximate surface area is 137 Å². The second kappa shape index (κ2) is 6.50. The summed E-state index contributed by atoms with van der Waals surface area (Å²) in [5.41, 5.74) is 1.48. The van der Waals surface area contributed by atoms with Crippen LogP contribution in [-0.2, 0) is 11.2 Å². The lowest BCUT2D eigenvalue weighted by Gasteiger charge is -2.18. The Morgan fingerprint density at radius 1 is 1.29 bits per heavy atom. The molecular formula is C18H13FN2O3. The Morgan fingerprint density at radius 2 is 2.12 bits per heavy atom. The number of nitriles is 1. The lowest BCUT2D eigenvalue weighted by atomic mass is 9.98. The SMILES string of the molecule is N#Cc1cccc(OCC(=O)c2cc3c(cc2F)NC(=O)CC3)c1. The molecule has 1 N–H and O–H groups in total. The van der Waals surface area contributed by atoms with E-state index in [0.29, 0.717) is 29.8 Å². The number of hydrogen-bond acceptors (Lipinski definition) is 4. The van der Waals surface area contributed by atoms with E-state index >= 15 is 0 Å². The predicted molar refractivity (Wildman–Crippen MR) is 84.3 cm³/mol. The summed E-state index contributed by atoms with van der Waals surface area (Å²) in [6.45, 7) is -0.336. The Kier molecular flexibility index (Phi) is 4.25. The van der Waals surface area contributed by atoms with Gasteiger partial charge in [-0.25, -0.2) is 4.39 Å². The van der Waals surface area contributed by atoms with Crippen molar-refractivity contribution in [3.05, 3.63) is 58.9 Å². The molecule has 2 aromatic carbocycles. The van der Waals surface area contributed by atoms with Gasteiger partial charge in [-0.1, -0.05) is 6.07 Å². The minimum Gasteiger partial charge on any atom is -0.485 e. The topological polar surface area (TPSA) is 79.2 Å². The van der Waals surface area contributed by atoms with Crippen molar-refractivity contribution >= 4 is 17.4 Å². The molecule has 5 nitrogen and oxygen atoms in total. The maximum absolute atomic E-state index is 14.1. The van der Waals surface area contributed by atoms with Gasteiger partial charge in [0.25, 0.3) is 0 Å². The van der Waals surface area contributed by atoms with Gasteiger partial charge >= 0.3 is 0 Å². The molecule has 1 heterocycles. The molecule has 6 heteroatoms. The number of carbonyl (C=O) groups is 2. The number of anilines is 1. The maximum atomic E-state index is 14.1. The van der Waals surface area contributed by atoms with E-state index < -0.39 is 11.6 Å². The minimum atomic E-state index is -0.699. The van der Waals surface area contributed by atoms with Crippen molar-refractivity contribution in [2.24, 2.45) is 0 Å². The highest BCUT2D eigenvalue weighted by molar-refractivity contribution is 6.00. The molecule has 0 bridgehead atoms. The number of Topliss-reactive ketones (excluding diaryl/α,β-unsaturated/α-hetero) is 1. The number of rotatable bonds is 4. The number of hydrogen-bond donors (Lipinski definition) is 1. The summed E-state index contributed by atoms with van der Waals surface area (Å²) in [4.78, 5) is 23.6. The number of ketones is 1. The second-order valence-corrected chi connectivity index (χ2v) is 5.39. The third-order valence-corrected chi connectivity index (χ3v) is 3.72. The standard InChI is InChI=1S/C18H13FN2O3/c19-15-8-16-12(4-5-18(23)21-16)7-14(15)17(22)10-24-13-3-1-2-11(6-13)9-20/h1-3,6-8H,4-5,10H2,(H,21,23). The number of fused-ring (bicyclic) bond motifs is 1. The largest absolute Gasteiger partial charge is 0.485 e. The molecule has 120 valence electrons. The Bertz CT molecular complexity index is 871. The summed E-state index contributed by atoms with van der Waals surface area (Å²) in [5, 5.41) is 11.4. The molecule has 3 rings (SSSR count). The van der Waals surface area contributed by atoms with Gasteiger partial charge in [0.15, 0.2) is 6.61 Å². The molecule has 0 unspecified atom stereocenters. The van der Waals surface area contributed by atoms with Crippen LogP contribution in [0, 0.1) is 17.1 Å². The summed E-state index contributed by atoms with van der Waals surface area (Å²) in [5.74, 6) is -1.00. The van der Waals surface area contributed by atoms with Gasteiger partial charge in [0.05, 0.1) is 17.2 Å². The lowest BCUT2D eigenvalue weighted by molar-refractivity contribution is -0.116. The fraction of sp³-hybridized carbons (Fsp3) is 0.167. The van der Waals surface area contributed by atoms with E-state index in [-0.39, 0.29) is 18.1 Å². The summed E-state index contributed by atoms with van der Waals surface area (Å²) in [7, 11) is 0. The van der Waals surface area contributed by atoms with Gasteiger partial charge in [-0.2, -0.15) is 5.26 Å². The Balaban J connectivity index is 1.75. The van der Waals surface area contributed by atoms with E-state index in [1.54, 1.807) is 18.2 Å². The van der Waals surface area contributed by atoms with E-state index in [1.807, 2.05) is 6.07 Å². The van der Waals surface area contributed by atoms with Gasteiger partial charge < -0.3 is 10.1 Å². The zero-order valence-corrected chi connectivity index (χ0v) is 12.6. The molecule has 0 aliphatic carbocycles. The van der Waals surface area contributed by atoms with Crippen LogP contribution in [0.15, 0.2) is 36.4 Å². The molecule has 0 atom stereocenters. The maximum Gasteiger partial charge on any atom is 0.224 e. The fourth-order valence-corrected chi connectivity index (χ4v) is 2.50. The van der Waals surface area contributed by atoms with Crippen LogP contribution in [0.1, 0.15) is 27.9 Å². The van der Waals surface area contributed by atoms with Crippen molar-refractivity contribution in [2.45, 2.75) is 12.8 Å². The second-order valence-electron chi connectivity index (χ2n) is 5.39. The zero-order chi connectivity index (χ0) is 17.1. The van der Waals surface area contributed by atoms with Crippen LogP contribution in [0.2, 0.25) is 0 Å². The first-order chi connectivity index (χ1) is 11.6. The van der Waals surface area contributed by atoms with Gasteiger partial charge in [-0.05, 0) is 42.3 Å². The average Bonchev–Trinajstić information content (AvgIpc) is 2.59. The molecule has 24 heavy (non-hydrogen) atoms. The smallest absolute Gasteiger partial charge is 0.224 e. The Morgan fingerprint density at radius 3 is 2.92 bits per heavy atom. The molecule has 1 aliphatic heterocycles. The number of benzene rings is 2. The normalized spacial score (nSPS) is 12.8. The number of nitrogens with one attached hydrogen (secondary N) is 1. The molecule has 0 saturated carbocycles. The lowest BCUT2D eigenvalue weighted by Crippen LogP contribution is -2.21. The van der Waals surface area contributed by atoms with E-state index in [9.17, 15) is 14.0 Å². The first-order valence-electron chi connectivity index (χ1n) is 7.35. The molecule has 2 aromatic rings. The minimum absolute atomic E-state index is 0.0682. The average molecular weight is 324 g/mol. The van der Waals surface area contributed by atoms with Gasteiger partial charge in [0, 0.05) is 12.1 Å². The summed E-state index contributed by atoms with van der Waals surface area (Å²) >= 11 is 0. The van der Waals surface area contributed by atoms with Crippen molar-refractivity contribution in [3.8, 4) is 11.8 Å². The van der Waals surface area contributed by atoms with Crippen molar-refractivity contribution in [1.82, 2.24) is 0 Å². The van der Waals surface area contributed by atoms with Crippen molar-refractivity contribution in [1.29, 1.82) is 5.26 Å². The number of nitrogens with zero attached hydrogens (tertiary/aromatic N) is 1. The summed E-state index contributed by atoms with van der Waals surface area (Å²) in [6.07, 6.45) is 0.774. The summed E-state index contributed by atoms with van der Waals surface area (Å²) in [6, 6.07) is 11.0. The van der Waals surface area contributed by atoms with Crippen LogP contribution in [0.3, 0.4) is 0 Å². The first-order valence-corrected chi connectivity index (χ1v) is 7.35. The van der Waals surface area contributed by atoms with E-state index in [2.05, 4.69) is 5.32 Å². The highest BCUT2D eigenvalue weighted by Gasteiger charge is 2.20. The highest BCUT2D eigenvalue weighted by Crippen LogP contribution is 2.26. The van der Waals surface area contributed by atoms with Crippen molar-refractivity contribution < 1.29 is 18.7 Å². The van der Waals surface area contributed by atoms with Gasteiger partial charge in [0.2, 0.25) is 11.7 Å². The van der Waals surface area contributed by atoms with Crippen LogP contribution in [0.5, 0.6) is 5.75 Å². The number of aryl methyl sites for hydroxylation is 1. The highest BCUT2D eigenvalue weighted by atomic mass is 19.1. The predicted octanol–water partition coefficient (Wildman–Crippen LogP) is 2.84. The van der Waals surface area contributed by atoms with Crippen LogP contribution in [0.4, 0.5) is 10.1 Å². The third-order valence-electron chi connectivity index (χ3n) is 3.72. The van der Waals surface area contributed by atoms with Crippen LogP contribution in [-0.4, -0.2) is 18.3 Å². The van der Waals surface area contributed by atoms with Crippen LogP contribution >= 0.6 is 0 Å². The van der Waals surface area contributed by atoms with Crippen molar-refractivity contribution in [2.75, 3.05) is 11.9 Å². The molecule has 0 saturated heterocycles. The molecule has 0 spiro atoms. The first kappa shape index (κ1) is 15.7. The van der Waals surface area contributed by atoms with E-state index in [0.717, 1.165) is 11.6 Å².